The van der Waals surface area contributed by atoms with Crippen LogP contribution in [0, 0.1) is 19.3 Å². The van der Waals surface area contributed by atoms with Gasteiger partial charge in [-0.3, -0.25) is 9.69 Å². The van der Waals surface area contributed by atoms with Crippen molar-refractivity contribution in [3.63, 3.8) is 0 Å². The van der Waals surface area contributed by atoms with Crippen molar-refractivity contribution in [3.8, 4) is 22.6 Å². The maximum Gasteiger partial charge on any atom is 0.253 e. The molecule has 3 aromatic rings. The summed E-state index contributed by atoms with van der Waals surface area (Å²) in [5.41, 5.74) is 9.68. The van der Waals surface area contributed by atoms with E-state index in [0.29, 0.717) is 11.5 Å². The Morgan fingerprint density at radius 1 is 1.05 bits per heavy atom. The van der Waals surface area contributed by atoms with Gasteiger partial charge in [-0.1, -0.05) is 12.1 Å². The average molecular weight is 543 g/mol. The van der Waals surface area contributed by atoms with E-state index in [1.54, 1.807) is 25.8 Å². The fourth-order valence-electron chi connectivity index (χ4n) is 7.23. The summed E-state index contributed by atoms with van der Waals surface area (Å²) in [4.78, 5) is 17.6. The van der Waals surface area contributed by atoms with Crippen LogP contribution < -0.4 is 25.2 Å². The van der Waals surface area contributed by atoms with Crippen LogP contribution >= 0.6 is 0 Å². The highest BCUT2D eigenvalue weighted by Gasteiger charge is 2.48. The molecule has 4 heterocycles. The first kappa shape index (κ1) is 26.9. The molecular formula is C33H42N4O3. The molecule has 212 valence electrons. The van der Waals surface area contributed by atoms with Gasteiger partial charge >= 0.3 is 0 Å². The summed E-state index contributed by atoms with van der Waals surface area (Å²) in [5, 5.41) is 3.60. The Morgan fingerprint density at radius 2 is 1.77 bits per heavy atom. The Hall–Kier alpha value is -3.29. The highest BCUT2D eigenvalue weighted by Crippen LogP contribution is 2.45. The van der Waals surface area contributed by atoms with Gasteiger partial charge in [-0.05, 0) is 87.2 Å². The molecule has 3 aliphatic heterocycles. The zero-order valence-corrected chi connectivity index (χ0v) is 24.8. The molecule has 2 saturated heterocycles. The fourth-order valence-corrected chi connectivity index (χ4v) is 7.23. The second-order valence-corrected chi connectivity index (χ2v) is 12.2. The topological polar surface area (TPSA) is 59.0 Å². The summed E-state index contributed by atoms with van der Waals surface area (Å²) in [5.74, 6) is 1.66. The summed E-state index contributed by atoms with van der Waals surface area (Å²) in [6.45, 7) is 12.4. The van der Waals surface area contributed by atoms with Crippen LogP contribution in [-0.4, -0.2) is 56.4 Å². The van der Waals surface area contributed by atoms with E-state index in [2.05, 4.69) is 52.4 Å². The van der Waals surface area contributed by atoms with E-state index >= 15 is 0 Å². The average Bonchev–Trinajstić information content (AvgIpc) is 3.37. The third-order valence-electron chi connectivity index (χ3n) is 9.62. The van der Waals surface area contributed by atoms with Gasteiger partial charge < -0.3 is 24.3 Å². The van der Waals surface area contributed by atoms with Crippen LogP contribution in [0.2, 0.25) is 0 Å². The number of methoxy groups -OCH3 is 2. The third kappa shape index (κ3) is 4.49. The van der Waals surface area contributed by atoms with Crippen molar-refractivity contribution in [1.82, 2.24) is 14.8 Å². The van der Waals surface area contributed by atoms with Crippen molar-refractivity contribution < 1.29 is 9.47 Å². The lowest BCUT2D eigenvalue weighted by molar-refractivity contribution is 0.200. The predicted molar refractivity (Wildman–Crippen MR) is 161 cm³/mol. The van der Waals surface area contributed by atoms with E-state index in [1.165, 1.54) is 23.2 Å². The summed E-state index contributed by atoms with van der Waals surface area (Å²) >= 11 is 0. The zero-order chi connectivity index (χ0) is 28.2. The van der Waals surface area contributed by atoms with Crippen LogP contribution in [-0.2, 0) is 20.0 Å². The summed E-state index contributed by atoms with van der Waals surface area (Å²) in [6, 6.07) is 11.4. The van der Waals surface area contributed by atoms with E-state index in [9.17, 15) is 4.79 Å². The molecule has 1 spiro atoms. The van der Waals surface area contributed by atoms with Crippen molar-refractivity contribution in [1.29, 1.82) is 0 Å². The van der Waals surface area contributed by atoms with Crippen molar-refractivity contribution >= 4 is 5.69 Å². The van der Waals surface area contributed by atoms with Crippen LogP contribution in [0.3, 0.4) is 0 Å². The smallest absolute Gasteiger partial charge is 0.253 e. The minimum absolute atomic E-state index is 0.0352. The molecule has 2 fully saturated rings. The van der Waals surface area contributed by atoms with Gasteiger partial charge in [-0.25, -0.2) is 0 Å². The van der Waals surface area contributed by atoms with Crippen LogP contribution in [0.15, 0.2) is 41.3 Å². The minimum atomic E-state index is 0.0352. The number of hydrogen-bond acceptors (Lipinski definition) is 6. The van der Waals surface area contributed by atoms with Gasteiger partial charge in [-0.15, -0.1) is 0 Å². The van der Waals surface area contributed by atoms with Crippen LogP contribution in [0.25, 0.3) is 11.1 Å². The molecule has 0 aliphatic carbocycles. The first-order chi connectivity index (χ1) is 19.2. The monoisotopic (exact) mass is 542 g/mol. The Kier molecular flexibility index (Phi) is 6.91. The molecule has 0 saturated carbocycles. The molecule has 7 heteroatoms. The SMILES string of the molecule is COc1cc(-c2cn(C)c(=O)c(C)c2C)cc(OC)c1CN1CCC2(C1)CN(c1cccc3c1CCNC3C)C2. The van der Waals surface area contributed by atoms with Gasteiger partial charge in [0.25, 0.3) is 5.56 Å². The Bertz CT molecular complexity index is 1480. The number of fused-ring (bicyclic) bond motifs is 1. The first-order valence-electron chi connectivity index (χ1n) is 14.5. The van der Waals surface area contributed by atoms with E-state index < -0.39 is 0 Å². The van der Waals surface area contributed by atoms with E-state index in [0.717, 1.165) is 85.0 Å². The molecule has 0 bridgehead atoms. The molecule has 3 aliphatic rings. The number of pyridine rings is 1. The largest absolute Gasteiger partial charge is 0.496 e. The normalized spacial score (nSPS) is 19.9. The molecule has 0 amide bonds. The molecule has 0 radical (unpaired) electrons. The first-order valence-corrected chi connectivity index (χ1v) is 14.5. The van der Waals surface area contributed by atoms with Crippen molar-refractivity contribution in [2.45, 2.75) is 46.2 Å². The van der Waals surface area contributed by atoms with Crippen LogP contribution in [0.1, 0.15) is 47.2 Å². The molecule has 1 atom stereocenters. The van der Waals surface area contributed by atoms with Gasteiger partial charge in [0.15, 0.2) is 0 Å². The molecule has 1 unspecified atom stereocenters. The molecule has 1 aromatic heterocycles. The number of nitrogens with one attached hydrogen (secondary N) is 1. The van der Waals surface area contributed by atoms with Crippen LogP contribution in [0.4, 0.5) is 5.69 Å². The third-order valence-corrected chi connectivity index (χ3v) is 9.62. The number of ether oxygens (including phenoxy) is 2. The number of aromatic nitrogens is 1. The quantitative estimate of drug-likeness (QED) is 0.491. The van der Waals surface area contributed by atoms with Crippen molar-refractivity contribution in [2.75, 3.05) is 51.8 Å². The molecule has 40 heavy (non-hydrogen) atoms. The number of anilines is 1. The van der Waals surface area contributed by atoms with E-state index in [4.69, 9.17) is 9.47 Å². The molecule has 2 aromatic carbocycles. The lowest BCUT2D eigenvalue weighted by Crippen LogP contribution is -2.58. The maximum absolute atomic E-state index is 12.4. The summed E-state index contributed by atoms with van der Waals surface area (Å²) in [6.07, 6.45) is 4.24. The van der Waals surface area contributed by atoms with Gasteiger partial charge in [0.1, 0.15) is 11.5 Å². The number of benzene rings is 2. The molecule has 1 N–H and O–H groups in total. The number of nitrogens with zero attached hydrogens (tertiary/aromatic N) is 3. The minimum Gasteiger partial charge on any atom is -0.496 e. The zero-order valence-electron chi connectivity index (χ0n) is 24.8. The second kappa shape index (κ2) is 10.3. The van der Waals surface area contributed by atoms with E-state index in [-0.39, 0.29) is 5.56 Å². The fraction of sp³-hybridized carbons (Fsp3) is 0.485. The lowest BCUT2D eigenvalue weighted by atomic mass is 9.78. The van der Waals surface area contributed by atoms with Gasteiger partial charge in [0, 0.05) is 67.7 Å². The highest BCUT2D eigenvalue weighted by atomic mass is 16.5. The predicted octanol–water partition coefficient (Wildman–Crippen LogP) is 4.61. The summed E-state index contributed by atoms with van der Waals surface area (Å²) in [7, 11) is 5.26. The van der Waals surface area contributed by atoms with Gasteiger partial charge in [0.05, 0.1) is 19.8 Å². The highest BCUT2D eigenvalue weighted by molar-refractivity contribution is 5.72. The summed E-state index contributed by atoms with van der Waals surface area (Å²) < 4.78 is 13.5. The Balaban J connectivity index is 1.20. The van der Waals surface area contributed by atoms with Gasteiger partial charge in [0.2, 0.25) is 0 Å². The van der Waals surface area contributed by atoms with Gasteiger partial charge in [-0.2, -0.15) is 0 Å². The molecule has 7 nitrogen and oxygen atoms in total. The Morgan fingerprint density at radius 3 is 2.48 bits per heavy atom. The van der Waals surface area contributed by atoms with Crippen molar-refractivity contribution in [3.05, 3.63) is 74.7 Å². The maximum atomic E-state index is 12.4. The van der Waals surface area contributed by atoms with Crippen LogP contribution in [0.5, 0.6) is 11.5 Å². The molecule has 6 rings (SSSR count). The van der Waals surface area contributed by atoms with E-state index in [1.807, 2.05) is 20.0 Å². The Labute approximate surface area is 237 Å². The number of rotatable bonds is 6. The van der Waals surface area contributed by atoms with Crippen molar-refractivity contribution in [2.24, 2.45) is 12.5 Å². The standard InChI is InChI=1S/C33H42N4O3/c1-21-22(2)32(38)35(4)16-27(21)24-14-30(39-5)28(31(15-24)40-6)17-36-13-11-33(18-36)19-37(20-33)29-9-7-8-25-23(3)34-12-10-26(25)29/h7-9,14-16,23,34H,10-13,17-20H2,1-6H3. The lowest BCUT2D eigenvalue weighted by Gasteiger charge is -2.50. The number of hydrogen-bond donors (Lipinski definition) is 1. The molecular weight excluding hydrogens is 500 g/mol. The number of likely N-dealkylation sites (tertiary alicyclic amines) is 1. The number of aryl methyl sites for hydroxylation is 1. The second-order valence-electron chi connectivity index (χ2n) is 12.2.